The molecule has 0 radical (unpaired) electrons. The number of benzene rings is 2. The van der Waals surface area contributed by atoms with Gasteiger partial charge in [0.2, 0.25) is 11.8 Å². The normalized spacial score (nSPS) is 24.8. The average Bonchev–Trinajstić information content (AvgIpc) is 3.54. The van der Waals surface area contributed by atoms with Crippen molar-refractivity contribution in [2.24, 2.45) is 0 Å². The number of para-hydroxylation sites is 2. The molecule has 2 fully saturated rings. The molecule has 4 aromatic rings. The number of ether oxygens (including phenoxy) is 4. The number of aromatic nitrogens is 4. The van der Waals surface area contributed by atoms with E-state index < -0.39 is 50.4 Å². The minimum atomic E-state index is -4.26. The van der Waals surface area contributed by atoms with E-state index >= 15 is 0 Å². The number of aliphatic hydroxyl groups is 1. The van der Waals surface area contributed by atoms with Crippen LogP contribution in [0, 0.1) is 0 Å². The smallest absolute Gasteiger partial charge is 0.459 e. The zero-order valence-electron chi connectivity index (χ0n) is 23.8. The largest absolute Gasteiger partial charge is 0.479 e. The summed E-state index contributed by atoms with van der Waals surface area (Å²) in [6.45, 7) is 1.46. The fraction of sp³-hybridized carbons (Fsp3) is 0.357. The number of methoxy groups -OCH3 is 1. The van der Waals surface area contributed by atoms with Crippen LogP contribution in [0.4, 0.5) is 5.95 Å². The van der Waals surface area contributed by atoms with Crippen LogP contribution in [-0.4, -0.2) is 74.8 Å². The molecule has 1 unspecified atom stereocenters. The van der Waals surface area contributed by atoms with E-state index in [2.05, 4.69) is 20.0 Å². The van der Waals surface area contributed by atoms with Gasteiger partial charge in [-0.2, -0.15) is 15.1 Å². The molecule has 2 saturated heterocycles. The molecule has 0 saturated carbocycles. The van der Waals surface area contributed by atoms with E-state index in [1.165, 1.54) is 20.4 Å². The first-order valence-corrected chi connectivity index (χ1v) is 15.3. The Morgan fingerprint density at radius 2 is 1.86 bits per heavy atom. The summed E-state index contributed by atoms with van der Waals surface area (Å²) >= 11 is 0. The van der Waals surface area contributed by atoms with Gasteiger partial charge >= 0.3 is 13.7 Å². The molecule has 44 heavy (non-hydrogen) atoms. The summed E-state index contributed by atoms with van der Waals surface area (Å²) in [5.41, 5.74) is 5.38. The zero-order chi connectivity index (χ0) is 30.9. The van der Waals surface area contributed by atoms with Crippen LogP contribution in [0.25, 0.3) is 11.2 Å². The molecule has 6 atom stereocenters. The van der Waals surface area contributed by atoms with E-state index in [1.54, 1.807) is 65.2 Å². The van der Waals surface area contributed by atoms with Crippen molar-refractivity contribution in [3.05, 3.63) is 67.0 Å². The Labute approximate surface area is 251 Å². The van der Waals surface area contributed by atoms with E-state index in [4.69, 9.17) is 33.7 Å². The van der Waals surface area contributed by atoms with Gasteiger partial charge in [0.15, 0.2) is 17.4 Å². The van der Waals surface area contributed by atoms with Crippen LogP contribution in [-0.2, 0) is 23.4 Å². The monoisotopic (exact) mass is 626 g/mol. The Kier molecular flexibility index (Phi) is 8.24. The van der Waals surface area contributed by atoms with Gasteiger partial charge in [0.05, 0.1) is 26.7 Å². The maximum absolute atomic E-state index is 14.1. The lowest BCUT2D eigenvalue weighted by Gasteiger charge is -2.44. The second-order valence-electron chi connectivity index (χ2n) is 10.2. The Balaban J connectivity index is 1.22. The summed E-state index contributed by atoms with van der Waals surface area (Å²) in [6.07, 6.45) is -1.21. The number of aliphatic hydroxyl groups excluding tert-OH is 1. The molecule has 2 aromatic carbocycles. The average molecular weight is 627 g/mol. The number of imidazole rings is 1. The topological polar surface area (TPSA) is 191 Å². The van der Waals surface area contributed by atoms with Gasteiger partial charge in [-0.25, -0.2) is 14.3 Å². The number of nitrogen functional groups attached to an aromatic ring is 1. The highest BCUT2D eigenvalue weighted by Crippen LogP contribution is 2.51. The van der Waals surface area contributed by atoms with Crippen LogP contribution < -0.4 is 24.8 Å². The Morgan fingerprint density at radius 1 is 1.18 bits per heavy atom. The SMILES string of the molecule is COc1nc(N)nc2c1ncn2[C@@H]1O[C@H](COP(=O)(N[C@@H](C)C(=O)Oc2ccccc2)Oc2ccccc2)[C@@H](O)[C@]12CCO2. The molecular weight excluding hydrogens is 595 g/mol. The standard InChI is InChI=1S/C28H31N6O9P/c1-17(25(36)41-18-9-5-3-6-10-18)33-44(37,43-19-11-7-4-8-12-19)40-15-20-22(35)28(13-14-39-28)26(42-20)34-16-30-21-23(34)31-27(29)32-24(21)38-2/h3-12,16-17,20,22,26,35H,13-15H2,1-2H3,(H,33,37)(H2,29,31,32)/t17-,20+,22+,26+,28+,44?/m0/s1. The minimum absolute atomic E-state index is 0.0388. The molecule has 0 amide bonds. The third-order valence-corrected chi connectivity index (χ3v) is 8.98. The molecule has 0 aliphatic carbocycles. The second kappa shape index (κ2) is 12.1. The number of nitrogens with two attached hydrogens (primary N) is 1. The van der Waals surface area contributed by atoms with Crippen molar-refractivity contribution in [2.45, 2.75) is 43.4 Å². The fourth-order valence-corrected chi connectivity index (χ4v) is 6.60. The first-order chi connectivity index (χ1) is 21.2. The first kappa shape index (κ1) is 29.9. The number of anilines is 1. The van der Waals surface area contributed by atoms with Gasteiger partial charge in [-0.1, -0.05) is 36.4 Å². The minimum Gasteiger partial charge on any atom is -0.479 e. The van der Waals surface area contributed by atoms with E-state index in [0.29, 0.717) is 29.9 Å². The summed E-state index contributed by atoms with van der Waals surface area (Å²) in [6, 6.07) is 15.7. The third-order valence-electron chi connectivity index (χ3n) is 7.34. The molecule has 6 rings (SSSR count). The van der Waals surface area contributed by atoms with Gasteiger partial charge in [-0.3, -0.25) is 9.09 Å². The van der Waals surface area contributed by atoms with Gasteiger partial charge in [0.1, 0.15) is 35.3 Å². The highest BCUT2D eigenvalue weighted by Gasteiger charge is 2.62. The second-order valence-corrected chi connectivity index (χ2v) is 11.9. The number of rotatable bonds is 11. The lowest BCUT2D eigenvalue weighted by molar-refractivity contribution is -0.225. The Bertz CT molecular complexity index is 1670. The number of hydrogen-bond donors (Lipinski definition) is 3. The van der Waals surface area contributed by atoms with Crippen LogP contribution in [0.3, 0.4) is 0 Å². The molecule has 4 N–H and O–H groups in total. The number of nitrogens with one attached hydrogen (secondary N) is 1. The third kappa shape index (κ3) is 5.73. The van der Waals surface area contributed by atoms with Crippen molar-refractivity contribution in [3.8, 4) is 17.4 Å². The number of fused-ring (bicyclic) bond motifs is 1. The number of carbonyl (C=O) groups excluding carboxylic acids is 1. The van der Waals surface area contributed by atoms with E-state index in [9.17, 15) is 14.5 Å². The van der Waals surface area contributed by atoms with Crippen molar-refractivity contribution in [2.75, 3.05) is 26.1 Å². The van der Waals surface area contributed by atoms with Crippen molar-refractivity contribution in [1.29, 1.82) is 0 Å². The van der Waals surface area contributed by atoms with Gasteiger partial charge in [0, 0.05) is 6.42 Å². The van der Waals surface area contributed by atoms with Gasteiger partial charge in [-0.05, 0) is 31.2 Å². The molecule has 15 nitrogen and oxygen atoms in total. The van der Waals surface area contributed by atoms with Crippen LogP contribution in [0.5, 0.6) is 17.4 Å². The molecule has 4 heterocycles. The van der Waals surface area contributed by atoms with E-state index in [1.807, 2.05) is 0 Å². The van der Waals surface area contributed by atoms with Crippen LogP contribution >= 0.6 is 7.75 Å². The Morgan fingerprint density at radius 3 is 2.50 bits per heavy atom. The predicted molar refractivity (Wildman–Crippen MR) is 155 cm³/mol. The van der Waals surface area contributed by atoms with Gasteiger partial charge in [-0.15, -0.1) is 0 Å². The molecular formula is C28H31N6O9P. The zero-order valence-corrected chi connectivity index (χ0v) is 24.7. The highest BCUT2D eigenvalue weighted by molar-refractivity contribution is 7.52. The van der Waals surface area contributed by atoms with E-state index in [0.717, 1.165) is 0 Å². The van der Waals surface area contributed by atoms with Crippen molar-refractivity contribution < 1.29 is 42.5 Å². The lowest BCUT2D eigenvalue weighted by atomic mass is 9.86. The highest BCUT2D eigenvalue weighted by atomic mass is 31.2. The van der Waals surface area contributed by atoms with Crippen LogP contribution in [0.15, 0.2) is 67.0 Å². The summed E-state index contributed by atoms with van der Waals surface area (Å²) in [4.78, 5) is 25.5. The first-order valence-electron chi connectivity index (χ1n) is 13.8. The predicted octanol–water partition coefficient (Wildman–Crippen LogP) is 2.62. The fourth-order valence-electron chi connectivity index (χ4n) is 5.10. The summed E-state index contributed by atoms with van der Waals surface area (Å²) in [5, 5.41) is 14.0. The van der Waals surface area contributed by atoms with Crippen LogP contribution in [0.2, 0.25) is 0 Å². The van der Waals surface area contributed by atoms with Crippen LogP contribution in [0.1, 0.15) is 19.6 Å². The van der Waals surface area contributed by atoms with Gasteiger partial charge < -0.3 is 34.3 Å². The molecule has 2 aliphatic heterocycles. The quantitative estimate of drug-likeness (QED) is 0.125. The van der Waals surface area contributed by atoms with Crippen molar-refractivity contribution in [1.82, 2.24) is 24.6 Å². The number of carbonyl (C=O) groups is 1. The number of nitrogens with zero attached hydrogens (tertiary/aromatic N) is 4. The summed E-state index contributed by atoms with van der Waals surface area (Å²) in [7, 11) is -2.82. The molecule has 2 aliphatic rings. The molecule has 16 heteroatoms. The number of hydrogen-bond acceptors (Lipinski definition) is 13. The van der Waals surface area contributed by atoms with Crippen molar-refractivity contribution >= 4 is 30.8 Å². The summed E-state index contributed by atoms with van der Waals surface area (Å²) < 4.78 is 50.0. The lowest BCUT2D eigenvalue weighted by Crippen LogP contribution is -2.56. The molecule has 1 spiro atoms. The van der Waals surface area contributed by atoms with Gasteiger partial charge in [0.25, 0.3) is 0 Å². The maximum atomic E-state index is 14.1. The Hall–Kier alpha value is -4.11. The summed E-state index contributed by atoms with van der Waals surface area (Å²) in [5.74, 6) is -0.0183. The maximum Gasteiger partial charge on any atom is 0.459 e. The number of esters is 1. The molecule has 232 valence electrons. The van der Waals surface area contributed by atoms with Crippen molar-refractivity contribution in [3.63, 3.8) is 0 Å². The molecule has 0 bridgehead atoms. The molecule has 2 aromatic heterocycles. The van der Waals surface area contributed by atoms with E-state index in [-0.39, 0.29) is 17.6 Å².